The highest BCUT2D eigenvalue weighted by Gasteiger charge is 2.14. The van der Waals surface area contributed by atoms with E-state index in [1.165, 1.54) is 13.2 Å². The van der Waals surface area contributed by atoms with Gasteiger partial charge in [0.15, 0.2) is 16.7 Å². The monoisotopic (exact) mass is 271 g/mol. The van der Waals surface area contributed by atoms with Crippen LogP contribution >= 0.6 is 11.6 Å². The van der Waals surface area contributed by atoms with E-state index in [9.17, 15) is 8.78 Å². The average molecular weight is 272 g/mol. The smallest absolute Gasteiger partial charge is 0.199 e. The van der Waals surface area contributed by atoms with Crippen LogP contribution in [0.5, 0.6) is 5.75 Å². The fraction of sp³-hybridized carbons (Fsp3) is 0.0909. The van der Waals surface area contributed by atoms with Gasteiger partial charge >= 0.3 is 0 Å². The van der Waals surface area contributed by atoms with Gasteiger partial charge in [0.25, 0.3) is 0 Å². The fourth-order valence-corrected chi connectivity index (χ4v) is 1.57. The molecule has 0 amide bonds. The molecule has 18 heavy (non-hydrogen) atoms. The van der Waals surface area contributed by atoms with E-state index in [0.29, 0.717) is 0 Å². The van der Waals surface area contributed by atoms with Crippen LogP contribution in [0.2, 0.25) is 5.15 Å². The Balaban J connectivity index is 2.43. The zero-order valence-corrected chi connectivity index (χ0v) is 10.0. The van der Waals surface area contributed by atoms with Crippen LogP contribution in [0.25, 0.3) is 0 Å². The maximum absolute atomic E-state index is 13.5. The minimum Gasteiger partial charge on any atom is -0.490 e. The summed E-state index contributed by atoms with van der Waals surface area (Å²) in [5, 5.41) is 2.54. The van der Waals surface area contributed by atoms with Gasteiger partial charge in [0.1, 0.15) is 23.6 Å². The normalized spacial score (nSPS) is 10.2. The summed E-state index contributed by atoms with van der Waals surface area (Å²) in [4.78, 5) is 7.52. The number of anilines is 2. The first-order valence-electron chi connectivity index (χ1n) is 4.89. The van der Waals surface area contributed by atoms with Crippen LogP contribution < -0.4 is 10.1 Å². The van der Waals surface area contributed by atoms with E-state index in [2.05, 4.69) is 15.3 Å². The van der Waals surface area contributed by atoms with E-state index in [0.717, 1.165) is 18.5 Å². The molecule has 94 valence electrons. The van der Waals surface area contributed by atoms with Crippen molar-refractivity contribution in [3.8, 4) is 5.75 Å². The van der Waals surface area contributed by atoms with E-state index in [-0.39, 0.29) is 22.4 Å². The Morgan fingerprint density at radius 3 is 2.50 bits per heavy atom. The van der Waals surface area contributed by atoms with Crippen molar-refractivity contribution in [1.82, 2.24) is 9.97 Å². The van der Waals surface area contributed by atoms with Crippen LogP contribution in [0, 0.1) is 11.6 Å². The molecule has 0 aliphatic rings. The van der Waals surface area contributed by atoms with Crippen molar-refractivity contribution in [2.75, 3.05) is 12.4 Å². The number of nitrogens with one attached hydrogen (secondary N) is 1. The summed E-state index contributed by atoms with van der Waals surface area (Å²) in [5.74, 6) is -1.29. The summed E-state index contributed by atoms with van der Waals surface area (Å²) in [6.45, 7) is 0. The van der Waals surface area contributed by atoms with E-state index >= 15 is 0 Å². The Bertz CT molecular complexity index is 560. The molecule has 1 aromatic heterocycles. The highest BCUT2D eigenvalue weighted by Crippen LogP contribution is 2.32. The van der Waals surface area contributed by atoms with Gasteiger partial charge in [0.05, 0.1) is 7.11 Å². The maximum atomic E-state index is 13.5. The second-order valence-corrected chi connectivity index (χ2v) is 3.63. The molecule has 0 saturated carbocycles. The molecule has 0 fully saturated rings. The molecular weight excluding hydrogens is 264 g/mol. The second kappa shape index (κ2) is 5.14. The largest absolute Gasteiger partial charge is 0.490 e. The molecule has 2 aromatic rings. The van der Waals surface area contributed by atoms with Gasteiger partial charge in [0.2, 0.25) is 0 Å². The Morgan fingerprint density at radius 2 is 1.89 bits per heavy atom. The molecule has 4 nitrogen and oxygen atoms in total. The lowest BCUT2D eigenvalue weighted by molar-refractivity contribution is 0.413. The number of benzene rings is 1. The first-order chi connectivity index (χ1) is 8.63. The van der Waals surface area contributed by atoms with E-state index in [1.807, 2.05) is 0 Å². The molecule has 0 aliphatic carbocycles. The summed E-state index contributed by atoms with van der Waals surface area (Å²) >= 11 is 5.77. The lowest BCUT2D eigenvalue weighted by Gasteiger charge is -2.11. The second-order valence-electron chi connectivity index (χ2n) is 3.27. The minimum absolute atomic E-state index is 0.0479. The van der Waals surface area contributed by atoms with Crippen molar-refractivity contribution >= 4 is 23.1 Å². The summed E-state index contributed by atoms with van der Waals surface area (Å²) in [6, 6.07) is 3.52. The standard InChI is InChI=1S/C11H8ClF2N3O/c1-18-9-10(12)15-5-16-11(9)17-8-6(13)3-2-4-7(8)14/h2-5H,1H3,(H,15,16,17). The quantitative estimate of drug-likeness (QED) is 0.871. The lowest BCUT2D eigenvalue weighted by Crippen LogP contribution is -2.02. The van der Waals surface area contributed by atoms with Crippen molar-refractivity contribution in [1.29, 1.82) is 0 Å². The Labute approximate surface area is 107 Å². The Hall–Kier alpha value is -1.95. The van der Waals surface area contributed by atoms with Gasteiger partial charge in [-0.15, -0.1) is 0 Å². The predicted octanol–water partition coefficient (Wildman–Crippen LogP) is 3.16. The van der Waals surface area contributed by atoms with Gasteiger partial charge in [-0.1, -0.05) is 17.7 Å². The molecule has 1 heterocycles. The van der Waals surface area contributed by atoms with Gasteiger partial charge in [-0.2, -0.15) is 0 Å². The number of halogens is 3. The fourth-order valence-electron chi connectivity index (χ4n) is 1.36. The number of ether oxygens (including phenoxy) is 1. The Kier molecular flexibility index (Phi) is 3.57. The van der Waals surface area contributed by atoms with Crippen LogP contribution in [0.3, 0.4) is 0 Å². The topological polar surface area (TPSA) is 47.0 Å². The number of aromatic nitrogens is 2. The minimum atomic E-state index is -0.744. The maximum Gasteiger partial charge on any atom is 0.199 e. The van der Waals surface area contributed by atoms with Crippen LogP contribution in [0.15, 0.2) is 24.5 Å². The zero-order chi connectivity index (χ0) is 13.1. The van der Waals surface area contributed by atoms with E-state index in [1.54, 1.807) is 0 Å². The Morgan fingerprint density at radius 1 is 1.22 bits per heavy atom. The van der Waals surface area contributed by atoms with Gasteiger partial charge < -0.3 is 10.1 Å². The molecule has 1 N–H and O–H groups in total. The van der Waals surface area contributed by atoms with Crippen molar-refractivity contribution in [3.63, 3.8) is 0 Å². The molecule has 1 aromatic carbocycles. The molecule has 0 saturated heterocycles. The highest BCUT2D eigenvalue weighted by molar-refractivity contribution is 6.31. The number of nitrogens with zero attached hydrogens (tertiary/aromatic N) is 2. The summed E-state index contributed by atoms with van der Waals surface area (Å²) < 4.78 is 31.9. The predicted molar refractivity (Wildman–Crippen MR) is 63.2 cm³/mol. The molecule has 0 unspecified atom stereocenters. The van der Waals surface area contributed by atoms with E-state index < -0.39 is 11.6 Å². The molecule has 0 radical (unpaired) electrons. The van der Waals surface area contributed by atoms with Crippen LogP contribution in [0.4, 0.5) is 20.3 Å². The number of rotatable bonds is 3. The molecule has 7 heteroatoms. The molecule has 0 spiro atoms. The molecule has 0 bridgehead atoms. The third-order valence-electron chi connectivity index (χ3n) is 2.17. The number of para-hydroxylation sites is 1. The first kappa shape index (κ1) is 12.5. The van der Waals surface area contributed by atoms with Crippen molar-refractivity contribution in [3.05, 3.63) is 41.3 Å². The van der Waals surface area contributed by atoms with Gasteiger partial charge in [-0.05, 0) is 12.1 Å². The highest BCUT2D eigenvalue weighted by atomic mass is 35.5. The molecular formula is C11H8ClF2N3O. The van der Waals surface area contributed by atoms with Crippen molar-refractivity contribution in [2.45, 2.75) is 0 Å². The van der Waals surface area contributed by atoms with Crippen LogP contribution in [-0.2, 0) is 0 Å². The number of methoxy groups -OCH3 is 1. The lowest BCUT2D eigenvalue weighted by atomic mass is 10.3. The zero-order valence-electron chi connectivity index (χ0n) is 9.25. The molecule has 2 rings (SSSR count). The third kappa shape index (κ3) is 2.33. The van der Waals surface area contributed by atoms with Gasteiger partial charge in [-0.3, -0.25) is 0 Å². The average Bonchev–Trinajstić information content (AvgIpc) is 2.34. The molecule has 0 aliphatic heterocycles. The van der Waals surface area contributed by atoms with Crippen molar-refractivity contribution < 1.29 is 13.5 Å². The first-order valence-corrected chi connectivity index (χ1v) is 5.26. The number of hydrogen-bond acceptors (Lipinski definition) is 4. The van der Waals surface area contributed by atoms with Crippen molar-refractivity contribution in [2.24, 2.45) is 0 Å². The van der Waals surface area contributed by atoms with Gasteiger partial charge in [0, 0.05) is 0 Å². The summed E-state index contributed by atoms with van der Waals surface area (Å²) in [6.07, 6.45) is 1.16. The van der Waals surface area contributed by atoms with Crippen LogP contribution in [0.1, 0.15) is 0 Å². The van der Waals surface area contributed by atoms with Crippen LogP contribution in [-0.4, -0.2) is 17.1 Å². The SMILES string of the molecule is COc1c(Cl)ncnc1Nc1c(F)cccc1F. The van der Waals surface area contributed by atoms with Gasteiger partial charge in [-0.25, -0.2) is 18.7 Å². The third-order valence-corrected chi connectivity index (χ3v) is 2.44. The summed E-state index contributed by atoms with van der Waals surface area (Å²) in [5.41, 5.74) is -0.328. The van der Waals surface area contributed by atoms with E-state index in [4.69, 9.17) is 16.3 Å². The summed E-state index contributed by atoms with van der Waals surface area (Å²) in [7, 11) is 1.35. The molecule has 0 atom stereocenters. The number of hydrogen-bond donors (Lipinski definition) is 1.